The zero-order valence-electron chi connectivity index (χ0n) is 13.4. The first-order valence-electron chi connectivity index (χ1n) is 8.21. The molecule has 4 rings (SSSR count). The number of ether oxygens (including phenoxy) is 3. The van der Waals surface area contributed by atoms with Gasteiger partial charge in [0.1, 0.15) is 0 Å². The summed E-state index contributed by atoms with van der Waals surface area (Å²) >= 11 is 0. The molecular weight excluding hydrogens is 280 g/mol. The standard InChI is InChI=1S/C17H24N2O3/c1-12-14-4-3-5-18(14)6-7-19(12)10-13-8-15(20-2)17-16(9-13)21-11-22-17/h8-9,12,14H,3-7,10-11H2,1-2H3/t12-,14-/m1/s1. The summed E-state index contributed by atoms with van der Waals surface area (Å²) in [6.45, 7) is 7.20. The molecule has 0 amide bonds. The predicted octanol–water partition coefficient (Wildman–Crippen LogP) is 2.09. The first-order chi connectivity index (χ1) is 10.8. The van der Waals surface area contributed by atoms with Gasteiger partial charge < -0.3 is 14.2 Å². The summed E-state index contributed by atoms with van der Waals surface area (Å²) in [6.07, 6.45) is 2.68. The Hall–Kier alpha value is -1.46. The van der Waals surface area contributed by atoms with Crippen molar-refractivity contribution in [2.24, 2.45) is 0 Å². The van der Waals surface area contributed by atoms with Crippen molar-refractivity contribution in [3.05, 3.63) is 17.7 Å². The largest absolute Gasteiger partial charge is 0.493 e. The van der Waals surface area contributed by atoms with Gasteiger partial charge in [-0.2, -0.15) is 0 Å². The Bertz CT molecular complexity index is 563. The number of nitrogens with zero attached hydrogens (tertiary/aromatic N) is 2. The fraction of sp³-hybridized carbons (Fsp3) is 0.647. The van der Waals surface area contributed by atoms with Crippen molar-refractivity contribution >= 4 is 0 Å². The van der Waals surface area contributed by atoms with Crippen LogP contribution >= 0.6 is 0 Å². The molecule has 22 heavy (non-hydrogen) atoms. The van der Waals surface area contributed by atoms with Gasteiger partial charge >= 0.3 is 0 Å². The van der Waals surface area contributed by atoms with Gasteiger partial charge in [-0.1, -0.05) is 0 Å². The van der Waals surface area contributed by atoms with Gasteiger partial charge in [-0.05, 0) is 44.0 Å². The third kappa shape index (κ3) is 2.32. The lowest BCUT2D eigenvalue weighted by Gasteiger charge is -2.43. The highest BCUT2D eigenvalue weighted by molar-refractivity contribution is 5.55. The van der Waals surface area contributed by atoms with E-state index in [-0.39, 0.29) is 6.79 Å². The monoisotopic (exact) mass is 304 g/mol. The lowest BCUT2D eigenvalue weighted by atomic mass is 10.0. The molecule has 0 unspecified atom stereocenters. The molecule has 5 nitrogen and oxygen atoms in total. The van der Waals surface area contributed by atoms with Crippen LogP contribution in [-0.4, -0.2) is 55.4 Å². The molecule has 0 aliphatic carbocycles. The molecule has 120 valence electrons. The maximum atomic E-state index is 5.54. The van der Waals surface area contributed by atoms with Crippen LogP contribution < -0.4 is 14.2 Å². The van der Waals surface area contributed by atoms with E-state index in [1.54, 1.807) is 7.11 Å². The van der Waals surface area contributed by atoms with Gasteiger partial charge in [0.15, 0.2) is 11.5 Å². The Morgan fingerprint density at radius 3 is 3.00 bits per heavy atom. The molecule has 5 heteroatoms. The van der Waals surface area contributed by atoms with Crippen molar-refractivity contribution in [1.82, 2.24) is 9.80 Å². The van der Waals surface area contributed by atoms with Gasteiger partial charge in [-0.15, -0.1) is 0 Å². The molecule has 0 bridgehead atoms. The zero-order valence-corrected chi connectivity index (χ0v) is 13.4. The fourth-order valence-electron chi connectivity index (χ4n) is 4.11. The average molecular weight is 304 g/mol. The second-order valence-electron chi connectivity index (χ2n) is 6.49. The highest BCUT2D eigenvalue weighted by Crippen LogP contribution is 2.42. The number of rotatable bonds is 3. The van der Waals surface area contributed by atoms with E-state index >= 15 is 0 Å². The fourth-order valence-corrected chi connectivity index (χ4v) is 4.11. The second kappa shape index (κ2) is 5.63. The minimum absolute atomic E-state index is 0.284. The minimum Gasteiger partial charge on any atom is -0.493 e. The molecule has 1 aromatic rings. The van der Waals surface area contributed by atoms with Crippen LogP contribution in [0.1, 0.15) is 25.3 Å². The van der Waals surface area contributed by atoms with Crippen LogP contribution in [-0.2, 0) is 6.54 Å². The maximum absolute atomic E-state index is 5.54. The van der Waals surface area contributed by atoms with Crippen LogP contribution in [0.4, 0.5) is 0 Å². The molecule has 2 fully saturated rings. The number of fused-ring (bicyclic) bond motifs is 2. The Kier molecular flexibility index (Phi) is 3.62. The first-order valence-corrected chi connectivity index (χ1v) is 8.21. The normalized spacial score (nSPS) is 27.9. The van der Waals surface area contributed by atoms with Crippen molar-refractivity contribution in [2.45, 2.75) is 38.4 Å². The number of methoxy groups -OCH3 is 1. The Balaban J connectivity index is 1.53. The summed E-state index contributed by atoms with van der Waals surface area (Å²) in [6, 6.07) is 5.51. The van der Waals surface area contributed by atoms with E-state index < -0.39 is 0 Å². The summed E-state index contributed by atoms with van der Waals surface area (Å²) in [7, 11) is 1.68. The van der Waals surface area contributed by atoms with E-state index in [9.17, 15) is 0 Å². The summed E-state index contributed by atoms with van der Waals surface area (Å²) in [5, 5.41) is 0. The van der Waals surface area contributed by atoms with Crippen LogP contribution in [0.5, 0.6) is 17.2 Å². The minimum atomic E-state index is 0.284. The maximum Gasteiger partial charge on any atom is 0.231 e. The van der Waals surface area contributed by atoms with Crippen molar-refractivity contribution in [3.63, 3.8) is 0 Å². The van der Waals surface area contributed by atoms with Gasteiger partial charge in [-0.25, -0.2) is 0 Å². The van der Waals surface area contributed by atoms with E-state index in [2.05, 4.69) is 28.9 Å². The van der Waals surface area contributed by atoms with Gasteiger partial charge in [-0.3, -0.25) is 9.80 Å². The molecule has 0 spiro atoms. The zero-order chi connectivity index (χ0) is 15.1. The summed E-state index contributed by atoms with van der Waals surface area (Å²) in [5.41, 5.74) is 1.24. The van der Waals surface area contributed by atoms with E-state index in [1.807, 2.05) is 0 Å². The van der Waals surface area contributed by atoms with E-state index in [0.29, 0.717) is 6.04 Å². The van der Waals surface area contributed by atoms with E-state index in [1.165, 1.54) is 31.5 Å². The number of hydrogen-bond donors (Lipinski definition) is 0. The SMILES string of the molecule is COc1cc(CN2CCN3CCC[C@@H]3[C@H]2C)cc2c1OCO2. The summed E-state index contributed by atoms with van der Waals surface area (Å²) < 4.78 is 16.5. The summed E-state index contributed by atoms with van der Waals surface area (Å²) in [5.74, 6) is 2.32. The molecule has 0 radical (unpaired) electrons. The van der Waals surface area contributed by atoms with Crippen molar-refractivity contribution in [1.29, 1.82) is 0 Å². The van der Waals surface area contributed by atoms with Crippen molar-refractivity contribution in [3.8, 4) is 17.2 Å². The van der Waals surface area contributed by atoms with Crippen LogP contribution in [0.25, 0.3) is 0 Å². The quantitative estimate of drug-likeness (QED) is 0.854. The smallest absolute Gasteiger partial charge is 0.231 e. The van der Waals surface area contributed by atoms with Crippen molar-refractivity contribution < 1.29 is 14.2 Å². The Morgan fingerprint density at radius 1 is 1.23 bits per heavy atom. The van der Waals surface area contributed by atoms with E-state index in [4.69, 9.17) is 14.2 Å². The van der Waals surface area contributed by atoms with Crippen molar-refractivity contribution in [2.75, 3.05) is 33.5 Å². The third-order valence-electron chi connectivity index (χ3n) is 5.33. The molecule has 0 saturated carbocycles. The lowest BCUT2D eigenvalue weighted by Crippen LogP contribution is -2.55. The van der Waals surface area contributed by atoms with Crippen LogP contribution in [0.2, 0.25) is 0 Å². The Morgan fingerprint density at radius 2 is 2.14 bits per heavy atom. The van der Waals surface area contributed by atoms with Crippen LogP contribution in [0, 0.1) is 0 Å². The average Bonchev–Trinajstić information content (AvgIpc) is 3.18. The molecule has 1 aromatic carbocycles. The number of benzene rings is 1. The first kappa shape index (κ1) is 14.2. The number of piperazine rings is 1. The molecule has 0 N–H and O–H groups in total. The molecule has 2 atom stereocenters. The van der Waals surface area contributed by atoms with Gasteiger partial charge in [0.05, 0.1) is 7.11 Å². The lowest BCUT2D eigenvalue weighted by molar-refractivity contribution is 0.0470. The van der Waals surface area contributed by atoms with Gasteiger partial charge in [0.2, 0.25) is 12.5 Å². The summed E-state index contributed by atoms with van der Waals surface area (Å²) in [4.78, 5) is 5.24. The third-order valence-corrected chi connectivity index (χ3v) is 5.33. The second-order valence-corrected chi connectivity index (χ2v) is 6.49. The molecule has 0 aromatic heterocycles. The van der Waals surface area contributed by atoms with Crippen LogP contribution in [0.15, 0.2) is 12.1 Å². The van der Waals surface area contributed by atoms with Crippen LogP contribution in [0.3, 0.4) is 0 Å². The Labute approximate surface area is 131 Å². The molecule has 3 aliphatic rings. The van der Waals surface area contributed by atoms with Gasteiger partial charge in [0.25, 0.3) is 0 Å². The highest BCUT2D eigenvalue weighted by atomic mass is 16.7. The number of hydrogen-bond acceptors (Lipinski definition) is 5. The van der Waals surface area contributed by atoms with E-state index in [0.717, 1.165) is 36.4 Å². The molecule has 3 heterocycles. The molecular formula is C17H24N2O3. The predicted molar refractivity (Wildman–Crippen MR) is 83.6 cm³/mol. The molecule has 3 aliphatic heterocycles. The van der Waals surface area contributed by atoms with Gasteiger partial charge in [0, 0.05) is 31.7 Å². The topological polar surface area (TPSA) is 34.2 Å². The highest BCUT2D eigenvalue weighted by Gasteiger charge is 2.36. The molecule has 2 saturated heterocycles.